The molecule has 0 unspecified atom stereocenters. The van der Waals surface area contributed by atoms with Gasteiger partial charge >= 0.3 is 0 Å². The Balaban J connectivity index is 2.21. The van der Waals surface area contributed by atoms with Crippen LogP contribution in [-0.2, 0) is 5.54 Å². The first-order chi connectivity index (χ1) is 9.60. The number of pyridine rings is 1. The highest BCUT2D eigenvalue weighted by molar-refractivity contribution is 7.71. The fraction of sp³-hybridized carbons (Fsp3) is 0.231. The van der Waals surface area contributed by atoms with Crippen molar-refractivity contribution in [2.45, 2.75) is 19.4 Å². The van der Waals surface area contributed by atoms with E-state index in [2.05, 4.69) is 34.0 Å². The molecule has 102 valence electrons. The highest BCUT2D eigenvalue weighted by Crippen LogP contribution is 2.31. The number of nitrogens with zero attached hydrogens (tertiary/aromatic N) is 4. The van der Waals surface area contributed by atoms with Crippen LogP contribution in [0.3, 0.4) is 0 Å². The zero-order chi connectivity index (χ0) is 14.2. The summed E-state index contributed by atoms with van der Waals surface area (Å²) in [5, 5.41) is 10.2. The second kappa shape index (κ2) is 4.92. The van der Waals surface area contributed by atoms with Crippen LogP contribution >= 0.6 is 23.6 Å². The van der Waals surface area contributed by atoms with Gasteiger partial charge in [-0.2, -0.15) is 5.10 Å². The van der Waals surface area contributed by atoms with Gasteiger partial charge < -0.3 is 0 Å². The number of thiazole rings is 1. The normalized spacial score (nSPS) is 11.7. The Hall–Kier alpha value is -1.86. The van der Waals surface area contributed by atoms with Crippen molar-refractivity contribution in [1.82, 2.24) is 24.7 Å². The van der Waals surface area contributed by atoms with Gasteiger partial charge in [-0.05, 0) is 38.2 Å². The summed E-state index contributed by atoms with van der Waals surface area (Å²) >= 11 is 7.01. The van der Waals surface area contributed by atoms with E-state index in [0.29, 0.717) is 4.77 Å². The molecule has 1 N–H and O–H groups in total. The summed E-state index contributed by atoms with van der Waals surface area (Å²) in [5.41, 5.74) is 0.605. The lowest BCUT2D eigenvalue weighted by Gasteiger charge is -2.25. The fourth-order valence-electron chi connectivity index (χ4n) is 2.13. The van der Waals surface area contributed by atoms with Gasteiger partial charge in [-0.15, -0.1) is 11.3 Å². The molecule has 0 atom stereocenters. The van der Waals surface area contributed by atoms with E-state index in [9.17, 15) is 0 Å². The predicted octanol–water partition coefficient (Wildman–Crippen LogP) is 3.24. The molecule has 0 spiro atoms. The molecule has 0 aromatic carbocycles. The molecule has 0 aliphatic rings. The van der Waals surface area contributed by atoms with E-state index < -0.39 is 0 Å². The molecular weight excluding hydrogens is 290 g/mol. The van der Waals surface area contributed by atoms with Crippen LogP contribution in [-0.4, -0.2) is 24.7 Å². The van der Waals surface area contributed by atoms with Crippen LogP contribution in [0.15, 0.2) is 36.1 Å². The van der Waals surface area contributed by atoms with Crippen LogP contribution in [0.1, 0.15) is 18.9 Å². The molecule has 3 rings (SSSR count). The molecule has 0 fully saturated rings. The summed E-state index contributed by atoms with van der Waals surface area (Å²) in [7, 11) is 0. The number of aromatic amines is 1. The lowest BCUT2D eigenvalue weighted by Crippen LogP contribution is -2.28. The third-order valence-electron chi connectivity index (χ3n) is 3.13. The summed E-state index contributed by atoms with van der Waals surface area (Å²) in [4.78, 5) is 8.45. The number of rotatable bonds is 3. The Bertz CT molecular complexity index is 756. The molecule has 7 heteroatoms. The monoisotopic (exact) mass is 303 g/mol. The Morgan fingerprint density at radius 3 is 2.65 bits per heavy atom. The summed E-state index contributed by atoms with van der Waals surface area (Å²) in [6, 6.07) is 3.83. The number of nitrogens with one attached hydrogen (secondary N) is 1. The minimum atomic E-state index is -0.364. The molecular formula is C13H13N5S2. The third kappa shape index (κ3) is 2.08. The van der Waals surface area contributed by atoms with Crippen molar-refractivity contribution in [3.05, 3.63) is 45.9 Å². The maximum Gasteiger partial charge on any atom is 0.196 e. The second-order valence-corrected chi connectivity index (χ2v) is 6.10. The van der Waals surface area contributed by atoms with Crippen LogP contribution in [0.2, 0.25) is 0 Å². The van der Waals surface area contributed by atoms with Gasteiger partial charge in [0.25, 0.3) is 0 Å². The number of hydrogen-bond donors (Lipinski definition) is 1. The van der Waals surface area contributed by atoms with E-state index >= 15 is 0 Å². The first kappa shape index (κ1) is 13.1. The van der Waals surface area contributed by atoms with E-state index in [1.165, 1.54) is 0 Å². The molecule has 0 radical (unpaired) electrons. The van der Waals surface area contributed by atoms with E-state index in [1.54, 1.807) is 29.9 Å². The maximum absolute atomic E-state index is 5.40. The predicted molar refractivity (Wildman–Crippen MR) is 81.2 cm³/mol. The zero-order valence-electron chi connectivity index (χ0n) is 11.1. The lowest BCUT2D eigenvalue weighted by atomic mass is 10.1. The Kier molecular flexibility index (Phi) is 3.23. The number of aromatic nitrogens is 5. The fourth-order valence-corrected chi connectivity index (χ4v) is 3.24. The largest absolute Gasteiger partial charge is 0.288 e. The van der Waals surface area contributed by atoms with Crippen molar-refractivity contribution in [3.8, 4) is 11.4 Å². The van der Waals surface area contributed by atoms with Crippen molar-refractivity contribution in [3.63, 3.8) is 0 Å². The van der Waals surface area contributed by atoms with Crippen LogP contribution < -0.4 is 0 Å². The minimum Gasteiger partial charge on any atom is -0.288 e. The average molecular weight is 303 g/mol. The second-order valence-electron chi connectivity index (χ2n) is 4.82. The molecule has 0 saturated carbocycles. The third-order valence-corrected chi connectivity index (χ3v) is 4.49. The van der Waals surface area contributed by atoms with Gasteiger partial charge in [0.05, 0.1) is 5.54 Å². The highest BCUT2D eigenvalue weighted by atomic mass is 32.1. The van der Waals surface area contributed by atoms with Crippen molar-refractivity contribution >= 4 is 23.6 Å². The first-order valence-electron chi connectivity index (χ1n) is 6.09. The molecule has 5 nitrogen and oxygen atoms in total. The van der Waals surface area contributed by atoms with Crippen LogP contribution in [0, 0.1) is 4.77 Å². The number of H-pyrrole nitrogens is 1. The van der Waals surface area contributed by atoms with Crippen molar-refractivity contribution in [2.24, 2.45) is 0 Å². The Morgan fingerprint density at radius 1 is 1.25 bits per heavy atom. The highest BCUT2D eigenvalue weighted by Gasteiger charge is 2.29. The maximum atomic E-state index is 5.40. The molecule has 3 heterocycles. The average Bonchev–Trinajstić information content (AvgIpc) is 3.09. The first-order valence-corrected chi connectivity index (χ1v) is 7.38. The molecule has 3 aromatic heterocycles. The molecule has 0 bridgehead atoms. The van der Waals surface area contributed by atoms with Crippen molar-refractivity contribution < 1.29 is 0 Å². The molecule has 0 aliphatic carbocycles. The van der Waals surface area contributed by atoms with Gasteiger partial charge in [-0.3, -0.25) is 14.6 Å². The molecule has 3 aromatic rings. The standard InChI is InChI=1S/C13H13N5S2/c1-13(2,11-15-7-8-20-11)18-10(16-17-12(18)19)9-3-5-14-6-4-9/h3-8H,1-2H3,(H,17,19). The summed E-state index contributed by atoms with van der Waals surface area (Å²) in [6.45, 7) is 4.17. The molecule has 0 saturated heterocycles. The van der Waals surface area contributed by atoms with E-state index in [-0.39, 0.29) is 5.54 Å². The SMILES string of the molecule is CC(C)(c1nccs1)n1c(-c2ccncc2)n[nH]c1=S. The Morgan fingerprint density at radius 2 is 2.00 bits per heavy atom. The van der Waals surface area contributed by atoms with Gasteiger partial charge in [-0.25, -0.2) is 4.98 Å². The van der Waals surface area contributed by atoms with Crippen LogP contribution in [0.5, 0.6) is 0 Å². The smallest absolute Gasteiger partial charge is 0.196 e. The van der Waals surface area contributed by atoms with Crippen LogP contribution in [0.25, 0.3) is 11.4 Å². The van der Waals surface area contributed by atoms with Crippen molar-refractivity contribution in [1.29, 1.82) is 0 Å². The topological polar surface area (TPSA) is 59.4 Å². The minimum absolute atomic E-state index is 0.364. The molecule has 0 aliphatic heterocycles. The lowest BCUT2D eigenvalue weighted by molar-refractivity contribution is 0.432. The zero-order valence-corrected chi connectivity index (χ0v) is 12.7. The summed E-state index contributed by atoms with van der Waals surface area (Å²) in [5.74, 6) is 0.789. The van der Waals surface area contributed by atoms with E-state index in [4.69, 9.17) is 12.2 Å². The van der Waals surface area contributed by atoms with Gasteiger partial charge in [-0.1, -0.05) is 0 Å². The van der Waals surface area contributed by atoms with E-state index in [1.807, 2.05) is 22.1 Å². The summed E-state index contributed by atoms with van der Waals surface area (Å²) < 4.78 is 2.58. The molecule has 20 heavy (non-hydrogen) atoms. The Labute approximate surface area is 125 Å². The van der Waals surface area contributed by atoms with Crippen LogP contribution in [0.4, 0.5) is 0 Å². The summed E-state index contributed by atoms with van der Waals surface area (Å²) in [6.07, 6.45) is 5.29. The van der Waals surface area contributed by atoms with E-state index in [0.717, 1.165) is 16.4 Å². The van der Waals surface area contributed by atoms with Gasteiger partial charge in [0.1, 0.15) is 5.01 Å². The van der Waals surface area contributed by atoms with Gasteiger partial charge in [0.2, 0.25) is 0 Å². The quantitative estimate of drug-likeness (QED) is 0.755. The molecule has 0 amide bonds. The van der Waals surface area contributed by atoms with Gasteiger partial charge in [0, 0.05) is 29.5 Å². The van der Waals surface area contributed by atoms with Gasteiger partial charge in [0.15, 0.2) is 10.6 Å². The van der Waals surface area contributed by atoms with Crippen molar-refractivity contribution in [2.75, 3.05) is 0 Å². The number of hydrogen-bond acceptors (Lipinski definition) is 5.